The molecule has 3 heteroatoms. The van der Waals surface area contributed by atoms with Gasteiger partial charge in [0.2, 0.25) is 0 Å². The summed E-state index contributed by atoms with van der Waals surface area (Å²) in [7, 11) is -0.958. The molecule has 0 saturated heterocycles. The summed E-state index contributed by atoms with van der Waals surface area (Å²) in [5.41, 5.74) is 0. The monoisotopic (exact) mass is 117 g/mol. The van der Waals surface area contributed by atoms with Crippen LogP contribution in [0.15, 0.2) is 0 Å². The lowest BCUT2D eigenvalue weighted by Gasteiger charge is -1.87. The van der Waals surface area contributed by atoms with Crippen LogP contribution in [-0.2, 0) is 11.0 Å². The Balaban J connectivity index is 3.02. The summed E-state index contributed by atoms with van der Waals surface area (Å²) in [4.78, 5) is 0. The normalized spacial score (nSPS) is 12.6. The van der Waals surface area contributed by atoms with Crippen LogP contribution < -0.4 is 4.72 Å². The van der Waals surface area contributed by atoms with E-state index >= 15 is 0 Å². The zero-order valence-corrected chi connectivity index (χ0v) is 4.92. The van der Waals surface area contributed by atoms with Crippen molar-refractivity contribution >= 4 is 11.0 Å². The summed E-state index contributed by atoms with van der Waals surface area (Å²) in [6.45, 7) is 0.378. The van der Waals surface area contributed by atoms with Gasteiger partial charge in [-0.1, -0.05) is 5.92 Å². The molecule has 0 aliphatic heterocycles. The minimum absolute atomic E-state index is 0.378. The number of hydrogen-bond donors (Lipinski definition) is 1. The molecular weight excluding hydrogens is 110 g/mol. The standard InChI is InChI=1S/C4H7NOS/c1-3-4-5-7(2)6/h1,5H,4H2,2H3. The van der Waals surface area contributed by atoms with Gasteiger partial charge in [0, 0.05) is 6.26 Å². The highest BCUT2D eigenvalue weighted by Crippen LogP contribution is 1.58. The van der Waals surface area contributed by atoms with E-state index in [4.69, 9.17) is 6.42 Å². The van der Waals surface area contributed by atoms with Crippen LogP contribution >= 0.6 is 0 Å². The smallest absolute Gasteiger partial charge is 0.0892 e. The zero-order valence-electron chi connectivity index (χ0n) is 4.10. The lowest BCUT2D eigenvalue weighted by Crippen LogP contribution is -2.14. The lowest BCUT2D eigenvalue weighted by atomic mass is 10.7. The molecule has 7 heavy (non-hydrogen) atoms. The Morgan fingerprint density at radius 3 is 2.71 bits per heavy atom. The molecule has 0 aliphatic rings. The molecule has 1 atom stereocenters. The van der Waals surface area contributed by atoms with E-state index in [0.717, 1.165) is 0 Å². The van der Waals surface area contributed by atoms with Gasteiger partial charge in [0.25, 0.3) is 0 Å². The van der Waals surface area contributed by atoms with E-state index < -0.39 is 11.0 Å². The third-order valence-electron chi connectivity index (χ3n) is 0.377. The number of terminal acetylenes is 1. The SMILES string of the molecule is C#CCNS(C)=O. The molecule has 0 fully saturated rings. The number of rotatable bonds is 2. The van der Waals surface area contributed by atoms with Gasteiger partial charge in [-0.05, 0) is 0 Å². The summed E-state index contributed by atoms with van der Waals surface area (Å²) in [5, 5.41) is 0. The zero-order chi connectivity index (χ0) is 5.70. The molecule has 1 N–H and O–H groups in total. The topological polar surface area (TPSA) is 29.1 Å². The average molecular weight is 117 g/mol. The van der Waals surface area contributed by atoms with Crippen LogP contribution in [0.1, 0.15) is 0 Å². The minimum Gasteiger partial charge on any atom is -0.243 e. The van der Waals surface area contributed by atoms with Crippen LogP contribution in [0.5, 0.6) is 0 Å². The van der Waals surface area contributed by atoms with Crippen LogP contribution in [0.3, 0.4) is 0 Å². The first-order valence-corrected chi connectivity index (χ1v) is 3.33. The molecule has 0 aromatic rings. The Labute approximate surface area is 45.9 Å². The molecule has 0 heterocycles. The van der Waals surface area contributed by atoms with Crippen molar-refractivity contribution in [3.05, 3.63) is 0 Å². The second-order valence-electron chi connectivity index (χ2n) is 0.979. The quantitative estimate of drug-likeness (QED) is 0.485. The van der Waals surface area contributed by atoms with Gasteiger partial charge in [0.05, 0.1) is 17.5 Å². The van der Waals surface area contributed by atoms with Crippen LogP contribution in [-0.4, -0.2) is 17.0 Å². The van der Waals surface area contributed by atoms with Crippen LogP contribution in [0, 0.1) is 12.3 Å². The highest BCUT2D eigenvalue weighted by molar-refractivity contribution is 7.82. The van der Waals surface area contributed by atoms with E-state index in [1.165, 1.54) is 6.26 Å². The third-order valence-corrected chi connectivity index (χ3v) is 0.928. The molecule has 2 nitrogen and oxygen atoms in total. The molecule has 0 aliphatic carbocycles. The summed E-state index contributed by atoms with van der Waals surface area (Å²) in [6.07, 6.45) is 6.37. The van der Waals surface area contributed by atoms with Crippen molar-refractivity contribution in [2.45, 2.75) is 0 Å². The van der Waals surface area contributed by atoms with E-state index in [2.05, 4.69) is 10.6 Å². The molecule has 0 radical (unpaired) electrons. The first-order valence-electron chi connectivity index (χ1n) is 1.77. The van der Waals surface area contributed by atoms with Crippen molar-refractivity contribution in [2.75, 3.05) is 12.8 Å². The van der Waals surface area contributed by atoms with Gasteiger partial charge in [-0.25, -0.2) is 8.93 Å². The van der Waals surface area contributed by atoms with Gasteiger partial charge < -0.3 is 0 Å². The Kier molecular flexibility index (Phi) is 3.67. The van der Waals surface area contributed by atoms with Gasteiger partial charge >= 0.3 is 0 Å². The third kappa shape index (κ3) is 5.67. The van der Waals surface area contributed by atoms with Crippen molar-refractivity contribution in [3.63, 3.8) is 0 Å². The number of nitrogens with one attached hydrogen (secondary N) is 1. The molecule has 0 amide bonds. The van der Waals surface area contributed by atoms with Gasteiger partial charge in [-0.15, -0.1) is 6.42 Å². The fraction of sp³-hybridized carbons (Fsp3) is 0.500. The molecular formula is C4H7NOS. The molecule has 40 valence electrons. The van der Waals surface area contributed by atoms with Gasteiger partial charge in [-0.2, -0.15) is 0 Å². The first kappa shape index (κ1) is 6.67. The van der Waals surface area contributed by atoms with E-state index in [-0.39, 0.29) is 0 Å². The predicted octanol–water partition coefficient (Wildman–Crippen LogP) is -0.497. The average Bonchev–Trinajstić information content (AvgIpc) is 1.61. The summed E-state index contributed by atoms with van der Waals surface area (Å²) >= 11 is 0. The van der Waals surface area contributed by atoms with Crippen LogP contribution in [0.4, 0.5) is 0 Å². The fourth-order valence-corrected chi connectivity index (χ4v) is 0.430. The summed E-state index contributed by atoms with van der Waals surface area (Å²) in [5.74, 6) is 2.29. The Bertz CT molecular complexity index is 105. The second-order valence-corrected chi connectivity index (χ2v) is 2.18. The molecule has 0 spiro atoms. The van der Waals surface area contributed by atoms with Crippen molar-refractivity contribution in [2.24, 2.45) is 0 Å². The summed E-state index contributed by atoms with van der Waals surface area (Å²) in [6, 6.07) is 0. The van der Waals surface area contributed by atoms with E-state index in [9.17, 15) is 4.21 Å². The largest absolute Gasteiger partial charge is 0.243 e. The summed E-state index contributed by atoms with van der Waals surface area (Å²) < 4.78 is 12.6. The second kappa shape index (κ2) is 3.85. The lowest BCUT2D eigenvalue weighted by molar-refractivity contribution is 0.680. The maximum atomic E-state index is 10.1. The molecule has 0 aromatic heterocycles. The Morgan fingerprint density at radius 2 is 2.57 bits per heavy atom. The van der Waals surface area contributed by atoms with Crippen molar-refractivity contribution in [3.8, 4) is 12.3 Å². The van der Waals surface area contributed by atoms with E-state index in [1.807, 2.05) is 0 Å². The molecule has 0 rings (SSSR count). The van der Waals surface area contributed by atoms with E-state index in [1.54, 1.807) is 0 Å². The van der Waals surface area contributed by atoms with Crippen molar-refractivity contribution in [1.29, 1.82) is 0 Å². The maximum absolute atomic E-state index is 10.1. The first-order chi connectivity index (χ1) is 3.27. The predicted molar refractivity (Wildman–Crippen MR) is 30.9 cm³/mol. The van der Waals surface area contributed by atoms with Crippen molar-refractivity contribution < 1.29 is 4.21 Å². The van der Waals surface area contributed by atoms with Gasteiger partial charge in [0.15, 0.2) is 0 Å². The molecule has 0 aromatic carbocycles. The molecule has 0 saturated carbocycles. The Morgan fingerprint density at radius 1 is 2.00 bits per heavy atom. The van der Waals surface area contributed by atoms with Crippen LogP contribution in [0.2, 0.25) is 0 Å². The van der Waals surface area contributed by atoms with Gasteiger partial charge in [-0.3, -0.25) is 0 Å². The minimum atomic E-state index is -0.958. The number of hydrogen-bond acceptors (Lipinski definition) is 1. The highest BCUT2D eigenvalue weighted by Gasteiger charge is 1.79. The Hall–Kier alpha value is -0.330. The molecule has 1 unspecified atom stereocenters. The molecule has 0 bridgehead atoms. The van der Waals surface area contributed by atoms with Crippen molar-refractivity contribution in [1.82, 2.24) is 4.72 Å². The maximum Gasteiger partial charge on any atom is 0.0892 e. The van der Waals surface area contributed by atoms with E-state index in [0.29, 0.717) is 6.54 Å². The fourth-order valence-electron chi connectivity index (χ4n) is 0.143. The highest BCUT2D eigenvalue weighted by atomic mass is 32.2. The van der Waals surface area contributed by atoms with Crippen LogP contribution in [0.25, 0.3) is 0 Å². The van der Waals surface area contributed by atoms with Gasteiger partial charge in [0.1, 0.15) is 0 Å².